The Morgan fingerprint density at radius 1 is 1.10 bits per heavy atom. The molecule has 1 atom stereocenters. The Kier molecular flexibility index (Phi) is 6.48. The van der Waals surface area contributed by atoms with Gasteiger partial charge in [-0.05, 0) is 29.7 Å². The molecule has 0 radical (unpaired) electrons. The van der Waals surface area contributed by atoms with Crippen LogP contribution in [0.3, 0.4) is 0 Å². The van der Waals surface area contributed by atoms with Crippen LogP contribution in [0.1, 0.15) is 37.0 Å². The summed E-state index contributed by atoms with van der Waals surface area (Å²) in [5.41, 5.74) is 2.40. The second-order valence-corrected chi connectivity index (χ2v) is 5.83. The number of oxime groups is 1. The van der Waals surface area contributed by atoms with Crippen LogP contribution in [0.5, 0.6) is 0 Å². The van der Waals surface area contributed by atoms with Gasteiger partial charge in [0, 0.05) is 17.1 Å². The van der Waals surface area contributed by atoms with Crippen molar-refractivity contribution in [2.75, 3.05) is 0 Å². The van der Waals surface area contributed by atoms with Crippen LogP contribution in [-0.4, -0.2) is 6.21 Å². The number of hydrogen-bond donors (Lipinski definition) is 0. The molecule has 0 N–H and O–H groups in total. The Bertz CT molecular complexity index is 551. The molecule has 0 heterocycles. The lowest BCUT2D eigenvalue weighted by Gasteiger charge is -2.14. The van der Waals surface area contributed by atoms with Crippen molar-refractivity contribution in [2.24, 2.45) is 5.16 Å². The minimum atomic E-state index is 0.0392. The van der Waals surface area contributed by atoms with E-state index in [0.29, 0.717) is 0 Å². The van der Waals surface area contributed by atoms with Gasteiger partial charge < -0.3 is 4.84 Å². The molecule has 2 aromatic carbocycles. The van der Waals surface area contributed by atoms with Crippen LogP contribution < -0.4 is 0 Å². The van der Waals surface area contributed by atoms with E-state index >= 15 is 0 Å². The first-order valence-corrected chi connectivity index (χ1v) is 8.06. The number of nitrogens with zero attached hydrogens (tertiary/aromatic N) is 1. The highest BCUT2D eigenvalue weighted by Gasteiger charge is 2.10. The fourth-order valence-electron chi connectivity index (χ4n) is 2.09. The Hall–Kier alpha value is -1.61. The molecular weight excluding hydrogens is 326 g/mol. The number of hydrogen-bond acceptors (Lipinski definition) is 2. The summed E-state index contributed by atoms with van der Waals surface area (Å²) in [6, 6.07) is 18.5. The van der Waals surface area contributed by atoms with Gasteiger partial charge in [-0.25, -0.2) is 0 Å². The van der Waals surface area contributed by atoms with Gasteiger partial charge in [0.2, 0.25) is 0 Å². The van der Waals surface area contributed by atoms with Gasteiger partial charge in [0.1, 0.15) is 0 Å². The standard InChI is InChI=1S/C18H20BrNO/c1-2-6-18(16-7-4-3-5-8-16)21-20-14-13-15-9-11-17(19)12-10-15/h3-5,7-12,14,18H,2,6,13H2,1H3/b20-14+/t18-/m1/s1. The van der Waals surface area contributed by atoms with E-state index in [1.807, 2.05) is 36.5 Å². The summed E-state index contributed by atoms with van der Waals surface area (Å²) in [5, 5.41) is 4.15. The highest BCUT2D eigenvalue weighted by atomic mass is 79.9. The number of rotatable bonds is 7. The average Bonchev–Trinajstić information content (AvgIpc) is 2.53. The lowest BCUT2D eigenvalue weighted by molar-refractivity contribution is 0.0524. The zero-order valence-electron chi connectivity index (χ0n) is 12.2. The molecule has 0 saturated heterocycles. The molecule has 2 nitrogen and oxygen atoms in total. The zero-order chi connectivity index (χ0) is 14.9. The van der Waals surface area contributed by atoms with Crippen LogP contribution in [0.25, 0.3) is 0 Å². The minimum absolute atomic E-state index is 0.0392. The third kappa shape index (κ3) is 5.35. The minimum Gasteiger partial charge on any atom is -0.388 e. The second-order valence-electron chi connectivity index (χ2n) is 4.91. The molecule has 110 valence electrons. The van der Waals surface area contributed by atoms with Crippen molar-refractivity contribution < 1.29 is 4.84 Å². The summed E-state index contributed by atoms with van der Waals surface area (Å²) in [7, 11) is 0. The van der Waals surface area contributed by atoms with Crippen molar-refractivity contribution in [3.8, 4) is 0 Å². The maximum atomic E-state index is 5.67. The summed E-state index contributed by atoms with van der Waals surface area (Å²) in [4.78, 5) is 5.67. The molecule has 0 aliphatic heterocycles. The Morgan fingerprint density at radius 3 is 2.48 bits per heavy atom. The highest BCUT2D eigenvalue weighted by Crippen LogP contribution is 2.22. The summed E-state index contributed by atoms with van der Waals surface area (Å²) >= 11 is 3.43. The topological polar surface area (TPSA) is 21.6 Å². The summed E-state index contributed by atoms with van der Waals surface area (Å²) in [5.74, 6) is 0. The summed E-state index contributed by atoms with van der Waals surface area (Å²) < 4.78 is 1.09. The van der Waals surface area contributed by atoms with Crippen LogP contribution in [0.2, 0.25) is 0 Å². The smallest absolute Gasteiger partial charge is 0.152 e. The molecule has 0 unspecified atom stereocenters. The Balaban J connectivity index is 1.89. The predicted molar refractivity (Wildman–Crippen MR) is 91.5 cm³/mol. The monoisotopic (exact) mass is 345 g/mol. The van der Waals surface area contributed by atoms with Gasteiger partial charge in [0.05, 0.1) is 0 Å². The predicted octanol–water partition coefficient (Wildman–Crippen LogP) is 5.54. The molecule has 21 heavy (non-hydrogen) atoms. The van der Waals surface area contributed by atoms with E-state index in [1.165, 1.54) is 11.1 Å². The van der Waals surface area contributed by atoms with Gasteiger partial charge in [0.15, 0.2) is 6.10 Å². The van der Waals surface area contributed by atoms with Gasteiger partial charge in [-0.3, -0.25) is 0 Å². The van der Waals surface area contributed by atoms with E-state index in [9.17, 15) is 0 Å². The highest BCUT2D eigenvalue weighted by molar-refractivity contribution is 9.10. The number of benzene rings is 2. The van der Waals surface area contributed by atoms with E-state index in [1.54, 1.807) is 0 Å². The van der Waals surface area contributed by atoms with Crippen LogP contribution in [0, 0.1) is 0 Å². The largest absolute Gasteiger partial charge is 0.388 e. The molecule has 3 heteroatoms. The normalized spacial score (nSPS) is 12.5. The number of halogens is 1. The molecule has 0 aliphatic carbocycles. The van der Waals surface area contributed by atoms with E-state index in [0.717, 1.165) is 23.7 Å². The van der Waals surface area contributed by atoms with Crippen molar-refractivity contribution in [1.29, 1.82) is 0 Å². The lowest BCUT2D eigenvalue weighted by atomic mass is 10.1. The molecule has 2 rings (SSSR count). The van der Waals surface area contributed by atoms with Crippen molar-refractivity contribution >= 4 is 22.1 Å². The molecule has 0 bridgehead atoms. The van der Waals surface area contributed by atoms with Crippen molar-refractivity contribution in [3.05, 3.63) is 70.2 Å². The molecule has 0 fully saturated rings. The first kappa shape index (κ1) is 15.8. The van der Waals surface area contributed by atoms with E-state index < -0.39 is 0 Å². The molecule has 0 aliphatic rings. The molecule has 0 saturated carbocycles. The van der Waals surface area contributed by atoms with Gasteiger partial charge in [0.25, 0.3) is 0 Å². The van der Waals surface area contributed by atoms with E-state index in [2.05, 4.69) is 52.3 Å². The maximum Gasteiger partial charge on any atom is 0.152 e. The van der Waals surface area contributed by atoms with Crippen molar-refractivity contribution in [3.63, 3.8) is 0 Å². The molecule has 0 spiro atoms. The SMILES string of the molecule is CCC[C@@H](O/N=C/Cc1ccc(Br)cc1)c1ccccc1. The van der Waals surface area contributed by atoms with Crippen LogP contribution in [-0.2, 0) is 11.3 Å². The maximum absolute atomic E-state index is 5.67. The lowest BCUT2D eigenvalue weighted by Crippen LogP contribution is -2.00. The van der Waals surface area contributed by atoms with Crippen molar-refractivity contribution in [2.45, 2.75) is 32.3 Å². The second kappa shape index (κ2) is 8.63. The summed E-state index contributed by atoms with van der Waals surface area (Å²) in [6.07, 6.45) is 4.69. The molecular formula is C18H20BrNO. The molecule has 0 aromatic heterocycles. The van der Waals surface area contributed by atoms with Crippen LogP contribution in [0.4, 0.5) is 0 Å². The van der Waals surface area contributed by atoms with Crippen LogP contribution >= 0.6 is 15.9 Å². The van der Waals surface area contributed by atoms with E-state index in [-0.39, 0.29) is 6.10 Å². The quantitative estimate of drug-likeness (QED) is 0.477. The van der Waals surface area contributed by atoms with Gasteiger partial charge in [-0.2, -0.15) is 0 Å². The first-order valence-electron chi connectivity index (χ1n) is 7.26. The van der Waals surface area contributed by atoms with Gasteiger partial charge >= 0.3 is 0 Å². The zero-order valence-corrected chi connectivity index (χ0v) is 13.8. The Labute approximate surface area is 135 Å². The first-order chi connectivity index (χ1) is 10.3. The van der Waals surface area contributed by atoms with Crippen molar-refractivity contribution in [1.82, 2.24) is 0 Å². The van der Waals surface area contributed by atoms with Gasteiger partial charge in [-0.15, -0.1) is 0 Å². The fraction of sp³-hybridized carbons (Fsp3) is 0.278. The van der Waals surface area contributed by atoms with Gasteiger partial charge in [-0.1, -0.05) is 76.9 Å². The molecule has 2 aromatic rings. The average molecular weight is 346 g/mol. The van der Waals surface area contributed by atoms with E-state index in [4.69, 9.17) is 4.84 Å². The third-order valence-corrected chi connectivity index (χ3v) is 3.75. The summed E-state index contributed by atoms with van der Waals surface area (Å²) in [6.45, 7) is 2.16. The third-order valence-electron chi connectivity index (χ3n) is 3.23. The molecule has 0 amide bonds. The van der Waals surface area contributed by atoms with Crippen LogP contribution in [0.15, 0.2) is 64.2 Å². The fourth-order valence-corrected chi connectivity index (χ4v) is 2.35. The Morgan fingerprint density at radius 2 is 1.81 bits per heavy atom.